The van der Waals surface area contributed by atoms with Crippen LogP contribution < -0.4 is 10.2 Å². The first-order valence-electron chi connectivity index (χ1n) is 11.1. The highest BCUT2D eigenvalue weighted by Crippen LogP contribution is 2.25. The number of aromatic nitrogens is 2. The lowest BCUT2D eigenvalue weighted by Crippen LogP contribution is -2.31. The van der Waals surface area contributed by atoms with E-state index in [1.165, 1.54) is 0 Å². The lowest BCUT2D eigenvalue weighted by molar-refractivity contribution is 0.0988. The molecule has 34 heavy (non-hydrogen) atoms. The summed E-state index contributed by atoms with van der Waals surface area (Å²) in [5.74, 6) is -0.352. The fourth-order valence-corrected chi connectivity index (χ4v) is 4.12. The average Bonchev–Trinajstić information content (AvgIpc) is 2.88. The fraction of sp³-hybridized carbons (Fsp3) is 0.0714. The third-order valence-electron chi connectivity index (χ3n) is 5.75. The number of carbonyl (C=O) groups is 2. The minimum Gasteiger partial charge on any atom is -0.322 e. The van der Waals surface area contributed by atoms with E-state index in [2.05, 4.69) is 15.3 Å². The number of para-hydroxylation sites is 2. The number of carbonyl (C=O) groups excluding carboxylic acids is 2. The molecule has 2 amide bonds. The number of anilines is 2. The highest BCUT2D eigenvalue weighted by molar-refractivity contribution is 6.14. The van der Waals surface area contributed by atoms with Crippen LogP contribution in [0.1, 0.15) is 27.6 Å². The number of nitrogens with one attached hydrogen (secondary N) is 1. The molecule has 0 aliphatic rings. The first-order valence-corrected chi connectivity index (χ1v) is 11.1. The Labute approximate surface area is 196 Å². The zero-order chi connectivity index (χ0) is 23.5. The second-order valence-electron chi connectivity index (χ2n) is 7.81. The van der Waals surface area contributed by atoms with Crippen LogP contribution in [0.2, 0.25) is 0 Å². The standard InChI is InChI=1S/C28H22N4O2/c1-2-32(28(34)24-15-17-30-26-13-6-4-11-22(24)26)20-9-7-8-19(18-20)31-27(33)23-14-16-29-25-12-5-3-10-21(23)25/h3-18H,2H2,1H3,(H,31,33). The molecular formula is C28H22N4O2. The van der Waals surface area contributed by atoms with Gasteiger partial charge in [-0.15, -0.1) is 0 Å². The van der Waals surface area contributed by atoms with Crippen molar-refractivity contribution in [1.82, 2.24) is 9.97 Å². The third kappa shape index (κ3) is 3.97. The molecule has 0 aliphatic heterocycles. The van der Waals surface area contributed by atoms with Gasteiger partial charge >= 0.3 is 0 Å². The maximum absolute atomic E-state index is 13.5. The number of nitrogens with zero attached hydrogens (tertiary/aromatic N) is 3. The molecule has 2 aromatic heterocycles. The van der Waals surface area contributed by atoms with Crippen LogP contribution in [-0.4, -0.2) is 28.3 Å². The number of rotatable bonds is 5. The molecular weight excluding hydrogens is 424 g/mol. The molecule has 166 valence electrons. The van der Waals surface area contributed by atoms with Gasteiger partial charge in [0.2, 0.25) is 0 Å². The van der Waals surface area contributed by atoms with E-state index < -0.39 is 0 Å². The molecule has 1 N–H and O–H groups in total. The highest BCUT2D eigenvalue weighted by atomic mass is 16.2. The van der Waals surface area contributed by atoms with E-state index in [9.17, 15) is 9.59 Å². The van der Waals surface area contributed by atoms with Gasteiger partial charge in [-0.25, -0.2) is 0 Å². The SMILES string of the molecule is CCN(C(=O)c1ccnc2ccccc12)c1cccc(NC(=O)c2ccnc3ccccc23)c1. The normalized spacial score (nSPS) is 10.9. The second kappa shape index (κ2) is 9.11. The Bertz CT molecular complexity index is 1520. The monoisotopic (exact) mass is 446 g/mol. The van der Waals surface area contributed by atoms with Gasteiger partial charge in [-0.1, -0.05) is 42.5 Å². The first kappa shape index (κ1) is 21.3. The quantitative estimate of drug-likeness (QED) is 0.376. The van der Waals surface area contributed by atoms with Crippen LogP contribution >= 0.6 is 0 Å². The highest BCUT2D eigenvalue weighted by Gasteiger charge is 2.19. The molecule has 0 unspecified atom stereocenters. The molecule has 3 aromatic carbocycles. The summed E-state index contributed by atoms with van der Waals surface area (Å²) in [6, 6.07) is 25.9. The number of amides is 2. The van der Waals surface area contributed by atoms with Crippen molar-refractivity contribution in [3.8, 4) is 0 Å². The summed E-state index contributed by atoms with van der Waals surface area (Å²) >= 11 is 0. The molecule has 5 aromatic rings. The van der Waals surface area contributed by atoms with Crippen molar-refractivity contribution in [2.45, 2.75) is 6.92 Å². The smallest absolute Gasteiger partial charge is 0.259 e. The van der Waals surface area contributed by atoms with Crippen molar-refractivity contribution in [2.24, 2.45) is 0 Å². The summed E-state index contributed by atoms with van der Waals surface area (Å²) in [6.07, 6.45) is 3.28. The molecule has 6 heteroatoms. The lowest BCUT2D eigenvalue weighted by atomic mass is 10.1. The molecule has 0 aliphatic carbocycles. The van der Waals surface area contributed by atoms with Gasteiger partial charge in [0.25, 0.3) is 11.8 Å². The van der Waals surface area contributed by atoms with Crippen molar-refractivity contribution < 1.29 is 9.59 Å². The number of hydrogen-bond donors (Lipinski definition) is 1. The van der Waals surface area contributed by atoms with Gasteiger partial charge in [-0.3, -0.25) is 19.6 Å². The summed E-state index contributed by atoms with van der Waals surface area (Å²) < 4.78 is 0. The maximum atomic E-state index is 13.5. The molecule has 2 heterocycles. The van der Waals surface area contributed by atoms with Crippen molar-refractivity contribution in [3.63, 3.8) is 0 Å². The van der Waals surface area contributed by atoms with Crippen LogP contribution in [0, 0.1) is 0 Å². The lowest BCUT2D eigenvalue weighted by Gasteiger charge is -2.22. The molecule has 0 atom stereocenters. The molecule has 0 saturated carbocycles. The Morgan fingerprint density at radius 2 is 1.38 bits per heavy atom. The average molecular weight is 447 g/mol. The van der Waals surface area contributed by atoms with Gasteiger partial charge in [-0.2, -0.15) is 0 Å². The molecule has 0 bridgehead atoms. The van der Waals surface area contributed by atoms with Crippen molar-refractivity contribution in [3.05, 3.63) is 108 Å². The number of hydrogen-bond acceptors (Lipinski definition) is 4. The molecule has 6 nitrogen and oxygen atoms in total. The van der Waals surface area contributed by atoms with Gasteiger partial charge in [0.15, 0.2) is 0 Å². The van der Waals surface area contributed by atoms with Gasteiger partial charge in [0, 0.05) is 41.1 Å². The predicted octanol–water partition coefficient (Wildman–Crippen LogP) is 5.70. The van der Waals surface area contributed by atoms with Crippen molar-refractivity contribution in [1.29, 1.82) is 0 Å². The van der Waals surface area contributed by atoms with Gasteiger partial charge in [0.1, 0.15) is 0 Å². The van der Waals surface area contributed by atoms with Gasteiger partial charge in [-0.05, 0) is 49.4 Å². The van der Waals surface area contributed by atoms with Crippen molar-refractivity contribution in [2.75, 3.05) is 16.8 Å². The Hall–Kier alpha value is -4.58. The van der Waals surface area contributed by atoms with Crippen LogP contribution in [0.3, 0.4) is 0 Å². The molecule has 5 rings (SSSR count). The summed E-state index contributed by atoms with van der Waals surface area (Å²) in [4.78, 5) is 36.9. The molecule has 0 radical (unpaired) electrons. The van der Waals surface area contributed by atoms with E-state index >= 15 is 0 Å². The molecule has 0 spiro atoms. The number of pyridine rings is 2. The summed E-state index contributed by atoms with van der Waals surface area (Å²) in [5.41, 5.74) is 3.97. The van der Waals surface area contributed by atoms with E-state index in [1.807, 2.05) is 79.7 Å². The summed E-state index contributed by atoms with van der Waals surface area (Å²) in [6.45, 7) is 2.40. The second-order valence-corrected chi connectivity index (χ2v) is 7.81. The summed E-state index contributed by atoms with van der Waals surface area (Å²) in [7, 11) is 0. The van der Waals surface area contributed by atoms with Crippen LogP contribution in [0.25, 0.3) is 21.8 Å². The van der Waals surface area contributed by atoms with Crippen LogP contribution in [0.15, 0.2) is 97.3 Å². The van der Waals surface area contributed by atoms with E-state index in [4.69, 9.17) is 0 Å². The minimum atomic E-state index is -0.231. The first-order chi connectivity index (χ1) is 16.7. The van der Waals surface area contributed by atoms with E-state index in [0.29, 0.717) is 29.0 Å². The van der Waals surface area contributed by atoms with E-state index in [-0.39, 0.29) is 11.8 Å². The Morgan fingerprint density at radius 3 is 2.06 bits per heavy atom. The van der Waals surface area contributed by atoms with E-state index in [0.717, 1.165) is 21.8 Å². The summed E-state index contributed by atoms with van der Waals surface area (Å²) in [5, 5.41) is 4.56. The van der Waals surface area contributed by atoms with Crippen LogP contribution in [-0.2, 0) is 0 Å². The Balaban J connectivity index is 1.44. The molecule has 0 fully saturated rings. The predicted molar refractivity (Wildman–Crippen MR) is 135 cm³/mol. The van der Waals surface area contributed by atoms with Crippen LogP contribution in [0.5, 0.6) is 0 Å². The largest absolute Gasteiger partial charge is 0.322 e. The van der Waals surface area contributed by atoms with E-state index in [1.54, 1.807) is 29.4 Å². The fourth-order valence-electron chi connectivity index (χ4n) is 4.12. The van der Waals surface area contributed by atoms with Crippen LogP contribution in [0.4, 0.5) is 11.4 Å². The Kier molecular flexibility index (Phi) is 5.70. The minimum absolute atomic E-state index is 0.121. The van der Waals surface area contributed by atoms with Gasteiger partial charge < -0.3 is 10.2 Å². The maximum Gasteiger partial charge on any atom is 0.259 e. The zero-order valence-electron chi connectivity index (χ0n) is 18.6. The number of benzene rings is 3. The topological polar surface area (TPSA) is 75.2 Å². The van der Waals surface area contributed by atoms with Crippen molar-refractivity contribution >= 4 is 45.0 Å². The third-order valence-corrected chi connectivity index (χ3v) is 5.75. The number of fused-ring (bicyclic) bond motifs is 2. The zero-order valence-corrected chi connectivity index (χ0v) is 18.6. The molecule has 0 saturated heterocycles. The van der Waals surface area contributed by atoms with Gasteiger partial charge in [0.05, 0.1) is 22.2 Å². The Morgan fingerprint density at radius 1 is 0.765 bits per heavy atom.